The quantitative estimate of drug-likeness (QED) is 0.697. The van der Waals surface area contributed by atoms with Crippen molar-refractivity contribution in [1.29, 1.82) is 0 Å². The number of hydrogen-bond acceptors (Lipinski definition) is 3. The number of nitrogens with one attached hydrogen (secondary N) is 2. The molecule has 1 heterocycles. The van der Waals surface area contributed by atoms with Crippen molar-refractivity contribution in [2.45, 2.75) is 77.4 Å². The minimum absolute atomic E-state index is 0.112. The van der Waals surface area contributed by atoms with Gasteiger partial charge in [-0.15, -0.1) is 0 Å². The van der Waals surface area contributed by atoms with Crippen LogP contribution in [0.1, 0.15) is 65.7 Å². The Bertz CT molecular complexity index is 384. The van der Waals surface area contributed by atoms with E-state index in [0.29, 0.717) is 0 Å². The van der Waals surface area contributed by atoms with Crippen molar-refractivity contribution in [2.75, 3.05) is 26.2 Å². The predicted octanol–water partition coefficient (Wildman–Crippen LogP) is 2.74. The summed E-state index contributed by atoms with van der Waals surface area (Å²) in [4.78, 5) is 14.6. The van der Waals surface area contributed by atoms with Gasteiger partial charge in [0.2, 0.25) is 0 Å². The Labute approximate surface area is 147 Å². The molecule has 0 aromatic carbocycles. The molecule has 2 amide bonds. The molecule has 5 nitrogen and oxygen atoms in total. The predicted molar refractivity (Wildman–Crippen MR) is 98.0 cm³/mol. The summed E-state index contributed by atoms with van der Waals surface area (Å²) in [5.41, 5.74) is -0.860. The lowest BCUT2D eigenvalue weighted by molar-refractivity contribution is 0.0164. The number of hydrogen-bond donors (Lipinski definition) is 3. The molecule has 2 fully saturated rings. The van der Waals surface area contributed by atoms with Gasteiger partial charge in [-0.2, -0.15) is 0 Å². The maximum absolute atomic E-state index is 12.0. The molecule has 1 unspecified atom stereocenters. The lowest BCUT2D eigenvalue weighted by atomic mass is 9.88. The highest BCUT2D eigenvalue weighted by atomic mass is 16.3. The SMILES string of the molecule is CC(C)C(C)(O)CNC(=O)NC1CCN(CC2CCCCC2)CC1. The van der Waals surface area contributed by atoms with Crippen LogP contribution in [0.2, 0.25) is 0 Å². The lowest BCUT2D eigenvalue weighted by Gasteiger charge is -2.35. The highest BCUT2D eigenvalue weighted by Crippen LogP contribution is 2.25. The van der Waals surface area contributed by atoms with Crippen LogP contribution < -0.4 is 10.6 Å². The largest absolute Gasteiger partial charge is 0.388 e. The van der Waals surface area contributed by atoms with E-state index >= 15 is 0 Å². The third-order valence-electron chi connectivity index (χ3n) is 6.01. The van der Waals surface area contributed by atoms with E-state index in [-0.39, 0.29) is 24.5 Å². The van der Waals surface area contributed by atoms with Gasteiger partial charge in [-0.25, -0.2) is 4.79 Å². The normalized spacial score (nSPS) is 23.9. The fourth-order valence-corrected chi connectivity index (χ4v) is 3.69. The molecule has 0 aromatic heterocycles. The van der Waals surface area contributed by atoms with Crippen molar-refractivity contribution in [2.24, 2.45) is 11.8 Å². The summed E-state index contributed by atoms with van der Waals surface area (Å²) in [6, 6.07) is 0.110. The van der Waals surface area contributed by atoms with Crippen LogP contribution in [0.15, 0.2) is 0 Å². The van der Waals surface area contributed by atoms with Gasteiger partial charge >= 0.3 is 6.03 Å². The number of aliphatic hydroxyl groups is 1. The smallest absolute Gasteiger partial charge is 0.315 e. The molecule has 0 aromatic rings. The van der Waals surface area contributed by atoms with Crippen molar-refractivity contribution < 1.29 is 9.90 Å². The first-order valence-electron chi connectivity index (χ1n) is 9.86. The number of piperidine rings is 1. The summed E-state index contributed by atoms with van der Waals surface area (Å²) < 4.78 is 0. The zero-order valence-corrected chi connectivity index (χ0v) is 15.8. The van der Waals surface area contributed by atoms with Gasteiger partial charge in [0.15, 0.2) is 0 Å². The second-order valence-corrected chi connectivity index (χ2v) is 8.42. The van der Waals surface area contributed by atoms with E-state index in [1.807, 2.05) is 13.8 Å². The van der Waals surface area contributed by atoms with E-state index in [1.54, 1.807) is 6.92 Å². The topological polar surface area (TPSA) is 64.6 Å². The molecule has 24 heavy (non-hydrogen) atoms. The lowest BCUT2D eigenvalue weighted by Crippen LogP contribution is -2.52. The first-order valence-corrected chi connectivity index (χ1v) is 9.86. The number of carbonyl (C=O) groups excluding carboxylic acids is 1. The van der Waals surface area contributed by atoms with Crippen LogP contribution in [0.25, 0.3) is 0 Å². The van der Waals surface area contributed by atoms with Crippen molar-refractivity contribution in [3.63, 3.8) is 0 Å². The molecule has 1 saturated heterocycles. The van der Waals surface area contributed by atoms with Crippen molar-refractivity contribution in [3.8, 4) is 0 Å². The van der Waals surface area contributed by atoms with E-state index in [2.05, 4.69) is 15.5 Å². The molecule has 1 saturated carbocycles. The average Bonchev–Trinajstić information content (AvgIpc) is 2.56. The number of likely N-dealkylation sites (tertiary alicyclic amines) is 1. The zero-order valence-electron chi connectivity index (χ0n) is 15.8. The molecule has 0 spiro atoms. The number of carbonyl (C=O) groups is 1. The standard InChI is InChI=1S/C19H37N3O2/c1-15(2)19(3,24)14-20-18(23)21-17-9-11-22(12-10-17)13-16-7-5-4-6-8-16/h15-17,24H,4-14H2,1-3H3,(H2,20,21,23). The summed E-state index contributed by atoms with van der Waals surface area (Å²) in [6.07, 6.45) is 9.08. The summed E-state index contributed by atoms with van der Waals surface area (Å²) >= 11 is 0. The molecule has 0 bridgehead atoms. The van der Waals surface area contributed by atoms with Gasteiger partial charge in [0.25, 0.3) is 0 Å². The Hall–Kier alpha value is -0.810. The van der Waals surface area contributed by atoms with Crippen molar-refractivity contribution in [3.05, 3.63) is 0 Å². The average molecular weight is 340 g/mol. The maximum Gasteiger partial charge on any atom is 0.315 e. The van der Waals surface area contributed by atoms with Crippen LogP contribution >= 0.6 is 0 Å². The Morgan fingerprint density at radius 2 is 1.79 bits per heavy atom. The fraction of sp³-hybridized carbons (Fsp3) is 0.947. The zero-order chi connectivity index (χ0) is 17.6. The molecule has 140 valence electrons. The van der Waals surface area contributed by atoms with Crippen LogP contribution in [0.3, 0.4) is 0 Å². The fourth-order valence-electron chi connectivity index (χ4n) is 3.69. The second kappa shape index (κ2) is 9.04. The Morgan fingerprint density at radius 3 is 2.38 bits per heavy atom. The van der Waals surface area contributed by atoms with Crippen LogP contribution in [0, 0.1) is 11.8 Å². The molecular formula is C19H37N3O2. The van der Waals surface area contributed by atoms with Gasteiger partial charge in [-0.05, 0) is 44.4 Å². The summed E-state index contributed by atoms with van der Waals surface area (Å²) in [5, 5.41) is 16.1. The first kappa shape index (κ1) is 19.5. The van der Waals surface area contributed by atoms with Gasteiger partial charge in [0.1, 0.15) is 0 Å². The highest BCUT2D eigenvalue weighted by molar-refractivity contribution is 5.74. The highest BCUT2D eigenvalue weighted by Gasteiger charge is 2.27. The van der Waals surface area contributed by atoms with Crippen molar-refractivity contribution in [1.82, 2.24) is 15.5 Å². The van der Waals surface area contributed by atoms with E-state index < -0.39 is 5.60 Å². The molecule has 1 aliphatic heterocycles. The molecule has 3 N–H and O–H groups in total. The molecular weight excluding hydrogens is 302 g/mol. The van der Waals surface area contributed by atoms with Gasteiger partial charge in [0, 0.05) is 32.2 Å². The third kappa shape index (κ3) is 6.25. The van der Waals surface area contributed by atoms with Crippen LogP contribution in [-0.2, 0) is 0 Å². The van der Waals surface area contributed by atoms with Crippen molar-refractivity contribution >= 4 is 6.03 Å². The number of nitrogens with zero attached hydrogens (tertiary/aromatic N) is 1. The third-order valence-corrected chi connectivity index (χ3v) is 6.01. The molecule has 5 heteroatoms. The number of rotatable bonds is 6. The molecule has 1 atom stereocenters. The maximum atomic E-state index is 12.0. The Kier molecular flexibility index (Phi) is 7.35. The number of urea groups is 1. The van der Waals surface area contributed by atoms with Crippen LogP contribution in [0.4, 0.5) is 4.79 Å². The molecule has 0 radical (unpaired) electrons. The van der Waals surface area contributed by atoms with Gasteiger partial charge in [-0.3, -0.25) is 0 Å². The Morgan fingerprint density at radius 1 is 1.17 bits per heavy atom. The molecule has 2 aliphatic rings. The second-order valence-electron chi connectivity index (χ2n) is 8.42. The van der Waals surface area contributed by atoms with Gasteiger partial charge < -0.3 is 20.6 Å². The van der Waals surface area contributed by atoms with E-state index in [4.69, 9.17) is 0 Å². The summed E-state index contributed by atoms with van der Waals surface area (Å²) in [6.45, 7) is 9.40. The summed E-state index contributed by atoms with van der Waals surface area (Å²) in [5.74, 6) is 1.01. The van der Waals surface area contributed by atoms with Gasteiger partial charge in [0.05, 0.1) is 5.60 Å². The minimum atomic E-state index is -0.860. The summed E-state index contributed by atoms with van der Waals surface area (Å²) in [7, 11) is 0. The van der Waals surface area contributed by atoms with Gasteiger partial charge in [-0.1, -0.05) is 33.1 Å². The Balaban J connectivity index is 1.62. The molecule has 2 rings (SSSR count). The number of amides is 2. The van der Waals surface area contributed by atoms with E-state index in [1.165, 1.54) is 38.6 Å². The minimum Gasteiger partial charge on any atom is -0.388 e. The van der Waals surface area contributed by atoms with Crippen LogP contribution in [-0.4, -0.2) is 53.9 Å². The first-order chi connectivity index (χ1) is 11.4. The molecule has 1 aliphatic carbocycles. The van der Waals surface area contributed by atoms with E-state index in [0.717, 1.165) is 31.8 Å². The van der Waals surface area contributed by atoms with Crippen LogP contribution in [0.5, 0.6) is 0 Å². The van der Waals surface area contributed by atoms with E-state index in [9.17, 15) is 9.90 Å². The monoisotopic (exact) mass is 339 g/mol.